The minimum Gasteiger partial charge on any atom is -0.311 e. The van der Waals surface area contributed by atoms with Gasteiger partial charge in [0.2, 0.25) is 0 Å². The highest BCUT2D eigenvalue weighted by Crippen LogP contribution is 2.42. The van der Waals surface area contributed by atoms with Crippen molar-refractivity contribution in [3.63, 3.8) is 0 Å². The first-order valence-electron chi connectivity index (χ1n) is 8.34. The predicted octanol–water partition coefficient (Wildman–Crippen LogP) is 3.67. The maximum Gasteiger partial charge on any atom is 0.0244 e. The lowest BCUT2D eigenvalue weighted by atomic mass is 9.80. The van der Waals surface area contributed by atoms with Crippen LogP contribution in [-0.2, 0) is 0 Å². The van der Waals surface area contributed by atoms with E-state index in [-0.39, 0.29) is 0 Å². The monoisotopic (exact) mass is 266 g/mol. The van der Waals surface area contributed by atoms with E-state index in [1.165, 1.54) is 45.2 Å². The first-order valence-corrected chi connectivity index (χ1v) is 8.34. The molecule has 1 aliphatic heterocycles. The summed E-state index contributed by atoms with van der Waals surface area (Å²) < 4.78 is 0. The summed E-state index contributed by atoms with van der Waals surface area (Å²) in [4.78, 5) is 2.78. The van der Waals surface area contributed by atoms with Crippen molar-refractivity contribution < 1.29 is 0 Å². The van der Waals surface area contributed by atoms with Crippen molar-refractivity contribution in [2.45, 2.75) is 78.8 Å². The number of rotatable bonds is 3. The van der Waals surface area contributed by atoms with Crippen LogP contribution in [0.3, 0.4) is 0 Å². The van der Waals surface area contributed by atoms with Crippen LogP contribution in [-0.4, -0.2) is 36.6 Å². The van der Waals surface area contributed by atoms with Crippen LogP contribution in [0.25, 0.3) is 0 Å². The molecule has 0 bridgehead atoms. The molecule has 1 saturated carbocycles. The SMILES string of the molecule is CCC1(CN2CC(C(C)(C)C)NCC2C)CCCC1. The zero-order valence-electron chi connectivity index (χ0n) is 13.8. The lowest BCUT2D eigenvalue weighted by Gasteiger charge is -2.47. The van der Waals surface area contributed by atoms with Gasteiger partial charge < -0.3 is 5.32 Å². The van der Waals surface area contributed by atoms with E-state index in [0.717, 1.165) is 6.54 Å². The third-order valence-electron chi connectivity index (χ3n) is 5.70. The summed E-state index contributed by atoms with van der Waals surface area (Å²) in [7, 11) is 0. The zero-order chi connectivity index (χ0) is 14.1. The Kier molecular flexibility index (Phi) is 4.62. The van der Waals surface area contributed by atoms with E-state index in [0.29, 0.717) is 22.9 Å². The average molecular weight is 266 g/mol. The van der Waals surface area contributed by atoms with Crippen LogP contribution in [0.2, 0.25) is 0 Å². The fraction of sp³-hybridized carbons (Fsp3) is 1.00. The van der Waals surface area contributed by atoms with Crippen LogP contribution in [0.4, 0.5) is 0 Å². The second-order valence-electron chi connectivity index (χ2n) is 8.17. The number of hydrogen-bond acceptors (Lipinski definition) is 2. The Morgan fingerprint density at radius 1 is 1.21 bits per heavy atom. The summed E-state index contributed by atoms with van der Waals surface area (Å²) in [6.45, 7) is 15.6. The molecule has 2 rings (SSSR count). The van der Waals surface area contributed by atoms with E-state index in [9.17, 15) is 0 Å². The van der Waals surface area contributed by atoms with Gasteiger partial charge in [-0.15, -0.1) is 0 Å². The Morgan fingerprint density at radius 2 is 1.84 bits per heavy atom. The maximum absolute atomic E-state index is 3.75. The molecule has 0 aromatic rings. The Hall–Kier alpha value is -0.0800. The number of nitrogens with one attached hydrogen (secondary N) is 1. The lowest BCUT2D eigenvalue weighted by Crippen LogP contribution is -2.60. The van der Waals surface area contributed by atoms with Gasteiger partial charge in [0.1, 0.15) is 0 Å². The molecule has 2 atom stereocenters. The summed E-state index contributed by atoms with van der Waals surface area (Å²) in [5.74, 6) is 0. The largest absolute Gasteiger partial charge is 0.311 e. The quantitative estimate of drug-likeness (QED) is 0.838. The van der Waals surface area contributed by atoms with E-state index in [1.807, 2.05) is 0 Å². The molecule has 0 aromatic heterocycles. The Balaban J connectivity index is 2.01. The number of hydrogen-bond donors (Lipinski definition) is 1. The van der Waals surface area contributed by atoms with Crippen molar-refractivity contribution in [1.29, 1.82) is 0 Å². The second-order valence-corrected chi connectivity index (χ2v) is 8.17. The highest BCUT2D eigenvalue weighted by molar-refractivity contribution is 4.94. The average Bonchev–Trinajstić information content (AvgIpc) is 2.80. The summed E-state index contributed by atoms with van der Waals surface area (Å²) >= 11 is 0. The van der Waals surface area contributed by atoms with Crippen molar-refractivity contribution in [3.05, 3.63) is 0 Å². The van der Waals surface area contributed by atoms with Crippen LogP contribution in [0.5, 0.6) is 0 Å². The van der Waals surface area contributed by atoms with Gasteiger partial charge in [0.25, 0.3) is 0 Å². The van der Waals surface area contributed by atoms with Crippen molar-refractivity contribution in [2.75, 3.05) is 19.6 Å². The molecular formula is C17H34N2. The molecule has 19 heavy (non-hydrogen) atoms. The van der Waals surface area contributed by atoms with Gasteiger partial charge >= 0.3 is 0 Å². The van der Waals surface area contributed by atoms with Crippen LogP contribution >= 0.6 is 0 Å². The molecule has 1 N–H and O–H groups in total. The molecule has 0 amide bonds. The van der Waals surface area contributed by atoms with Crippen LogP contribution < -0.4 is 5.32 Å². The van der Waals surface area contributed by atoms with E-state index in [4.69, 9.17) is 0 Å². The second kappa shape index (κ2) is 5.73. The normalized spacial score (nSPS) is 32.7. The molecule has 2 unspecified atom stereocenters. The number of piperazine rings is 1. The highest BCUT2D eigenvalue weighted by Gasteiger charge is 2.38. The van der Waals surface area contributed by atoms with E-state index in [2.05, 4.69) is 44.8 Å². The van der Waals surface area contributed by atoms with E-state index >= 15 is 0 Å². The Labute approximate surface area is 120 Å². The van der Waals surface area contributed by atoms with Crippen molar-refractivity contribution in [2.24, 2.45) is 10.8 Å². The predicted molar refractivity (Wildman–Crippen MR) is 83.5 cm³/mol. The Bertz CT molecular complexity index is 286. The van der Waals surface area contributed by atoms with E-state index < -0.39 is 0 Å². The fourth-order valence-electron chi connectivity index (χ4n) is 3.90. The minimum absolute atomic E-state index is 0.368. The fourth-order valence-corrected chi connectivity index (χ4v) is 3.90. The smallest absolute Gasteiger partial charge is 0.0244 e. The molecule has 2 nitrogen and oxygen atoms in total. The van der Waals surface area contributed by atoms with Gasteiger partial charge in [0, 0.05) is 31.7 Å². The summed E-state index contributed by atoms with van der Waals surface area (Å²) in [6, 6.07) is 1.33. The Morgan fingerprint density at radius 3 is 2.37 bits per heavy atom. The molecule has 0 aromatic carbocycles. The highest BCUT2D eigenvalue weighted by atomic mass is 15.2. The van der Waals surface area contributed by atoms with Crippen LogP contribution in [0.15, 0.2) is 0 Å². The van der Waals surface area contributed by atoms with Gasteiger partial charge in [-0.1, -0.05) is 40.5 Å². The molecule has 2 fully saturated rings. The molecule has 112 valence electrons. The van der Waals surface area contributed by atoms with Crippen LogP contribution in [0.1, 0.15) is 66.7 Å². The topological polar surface area (TPSA) is 15.3 Å². The van der Waals surface area contributed by atoms with Crippen molar-refractivity contribution in [1.82, 2.24) is 10.2 Å². The van der Waals surface area contributed by atoms with Crippen molar-refractivity contribution in [3.8, 4) is 0 Å². The zero-order valence-corrected chi connectivity index (χ0v) is 13.8. The maximum atomic E-state index is 3.75. The summed E-state index contributed by atoms with van der Waals surface area (Å²) in [6.07, 6.45) is 7.19. The van der Waals surface area contributed by atoms with Crippen LogP contribution in [0, 0.1) is 10.8 Å². The molecule has 1 saturated heterocycles. The molecule has 2 aliphatic rings. The first-order chi connectivity index (χ1) is 8.86. The molecule has 1 heterocycles. The van der Waals surface area contributed by atoms with Gasteiger partial charge in [-0.3, -0.25) is 4.90 Å². The van der Waals surface area contributed by atoms with Gasteiger partial charge in [-0.05, 0) is 37.0 Å². The molecular weight excluding hydrogens is 232 g/mol. The van der Waals surface area contributed by atoms with Gasteiger partial charge in [-0.25, -0.2) is 0 Å². The van der Waals surface area contributed by atoms with Gasteiger partial charge in [-0.2, -0.15) is 0 Å². The third-order valence-corrected chi connectivity index (χ3v) is 5.70. The molecule has 2 heteroatoms. The van der Waals surface area contributed by atoms with Gasteiger partial charge in [0.05, 0.1) is 0 Å². The standard InChI is InChI=1S/C17H34N2/c1-6-17(9-7-8-10-17)13-19-12-15(16(3,4)5)18-11-14(19)2/h14-15,18H,6-13H2,1-5H3. The lowest BCUT2D eigenvalue weighted by molar-refractivity contribution is 0.0506. The minimum atomic E-state index is 0.368. The summed E-state index contributed by atoms with van der Waals surface area (Å²) in [5.41, 5.74) is 1.00. The molecule has 0 spiro atoms. The van der Waals surface area contributed by atoms with Gasteiger partial charge in [0.15, 0.2) is 0 Å². The first kappa shape index (κ1) is 15.3. The number of nitrogens with zero attached hydrogens (tertiary/aromatic N) is 1. The third kappa shape index (κ3) is 3.52. The molecule has 1 aliphatic carbocycles. The molecule has 0 radical (unpaired) electrons. The summed E-state index contributed by atoms with van der Waals surface area (Å²) in [5, 5.41) is 3.75. The van der Waals surface area contributed by atoms with E-state index in [1.54, 1.807) is 0 Å². The van der Waals surface area contributed by atoms with Crippen molar-refractivity contribution >= 4 is 0 Å².